The lowest BCUT2D eigenvalue weighted by molar-refractivity contribution is -0.149. The molecule has 0 aromatic heterocycles. The second kappa shape index (κ2) is 7.62. The maximum absolute atomic E-state index is 13.1. The van der Waals surface area contributed by atoms with Crippen LogP contribution in [0.2, 0.25) is 0 Å². The van der Waals surface area contributed by atoms with Crippen LogP contribution in [0, 0.1) is 5.82 Å². The zero-order chi connectivity index (χ0) is 15.1. The quantitative estimate of drug-likeness (QED) is 0.751. The van der Waals surface area contributed by atoms with E-state index in [1.807, 2.05) is 13.8 Å². The van der Waals surface area contributed by atoms with E-state index in [-0.39, 0.29) is 37.3 Å². The average molecular weight is 281 g/mol. The highest BCUT2D eigenvalue weighted by Crippen LogP contribution is 2.08. The van der Waals surface area contributed by atoms with Gasteiger partial charge in [0.1, 0.15) is 12.4 Å². The van der Waals surface area contributed by atoms with Crippen molar-refractivity contribution in [1.29, 1.82) is 0 Å². The number of ether oxygens (including phenoxy) is 1. The summed E-state index contributed by atoms with van der Waals surface area (Å²) in [7, 11) is 0. The molecule has 0 heterocycles. The van der Waals surface area contributed by atoms with Gasteiger partial charge in [0.05, 0.1) is 13.0 Å². The van der Waals surface area contributed by atoms with Crippen LogP contribution in [0.5, 0.6) is 0 Å². The molecule has 1 aromatic rings. The molecule has 0 radical (unpaired) electrons. The smallest absolute Gasteiger partial charge is 0.325 e. The first-order valence-corrected chi connectivity index (χ1v) is 6.63. The molecule has 0 spiro atoms. The van der Waals surface area contributed by atoms with E-state index in [9.17, 15) is 14.0 Å². The molecule has 0 N–H and O–H groups in total. The molecule has 110 valence electrons. The summed E-state index contributed by atoms with van der Waals surface area (Å²) in [5.74, 6) is -1.04. The minimum atomic E-state index is -0.436. The van der Waals surface area contributed by atoms with Crippen LogP contribution in [0.1, 0.15) is 26.3 Å². The Kier molecular flexibility index (Phi) is 6.15. The Morgan fingerprint density at radius 2 is 2.05 bits per heavy atom. The molecule has 0 fully saturated rings. The van der Waals surface area contributed by atoms with Gasteiger partial charge >= 0.3 is 5.97 Å². The maximum atomic E-state index is 13.1. The molecule has 0 saturated heterocycles. The van der Waals surface area contributed by atoms with Crippen molar-refractivity contribution in [1.82, 2.24) is 4.90 Å². The first-order valence-electron chi connectivity index (χ1n) is 6.63. The highest BCUT2D eigenvalue weighted by atomic mass is 19.1. The summed E-state index contributed by atoms with van der Waals surface area (Å²) in [5.41, 5.74) is 0.588. The van der Waals surface area contributed by atoms with Crippen molar-refractivity contribution < 1.29 is 18.7 Å². The molecule has 5 heteroatoms. The van der Waals surface area contributed by atoms with E-state index in [1.165, 1.54) is 17.0 Å². The molecule has 0 unspecified atom stereocenters. The SMILES string of the molecule is CCOC(=O)CN(C(=O)Cc1cccc(F)c1)C(C)C. The number of halogens is 1. The van der Waals surface area contributed by atoms with Crippen molar-refractivity contribution in [2.45, 2.75) is 33.2 Å². The molecule has 0 saturated carbocycles. The molecular weight excluding hydrogens is 261 g/mol. The van der Waals surface area contributed by atoms with Crippen molar-refractivity contribution in [2.75, 3.05) is 13.2 Å². The van der Waals surface area contributed by atoms with Gasteiger partial charge in [-0.3, -0.25) is 9.59 Å². The second-order valence-electron chi connectivity index (χ2n) is 4.73. The summed E-state index contributed by atoms with van der Waals surface area (Å²) in [6.45, 7) is 5.56. The fourth-order valence-electron chi connectivity index (χ4n) is 1.83. The van der Waals surface area contributed by atoms with Crippen molar-refractivity contribution in [3.63, 3.8) is 0 Å². The van der Waals surface area contributed by atoms with Crippen molar-refractivity contribution in [3.05, 3.63) is 35.6 Å². The van der Waals surface area contributed by atoms with E-state index in [0.717, 1.165) is 0 Å². The van der Waals surface area contributed by atoms with Gasteiger partial charge in [-0.25, -0.2) is 4.39 Å². The van der Waals surface area contributed by atoms with Crippen LogP contribution >= 0.6 is 0 Å². The van der Waals surface area contributed by atoms with E-state index in [1.54, 1.807) is 19.1 Å². The number of esters is 1. The Balaban J connectivity index is 2.71. The van der Waals surface area contributed by atoms with Crippen LogP contribution in [0.3, 0.4) is 0 Å². The molecular formula is C15H20FNO3. The monoisotopic (exact) mass is 281 g/mol. The van der Waals surface area contributed by atoms with Crippen LogP contribution < -0.4 is 0 Å². The molecule has 0 atom stereocenters. The van der Waals surface area contributed by atoms with Crippen molar-refractivity contribution in [3.8, 4) is 0 Å². The highest BCUT2D eigenvalue weighted by Gasteiger charge is 2.21. The van der Waals surface area contributed by atoms with Gasteiger partial charge in [-0.05, 0) is 38.5 Å². The molecule has 0 aliphatic rings. The Morgan fingerprint density at radius 3 is 2.60 bits per heavy atom. The number of rotatable bonds is 6. The summed E-state index contributed by atoms with van der Waals surface area (Å²) in [5, 5.41) is 0. The lowest BCUT2D eigenvalue weighted by Crippen LogP contribution is -2.42. The van der Waals surface area contributed by atoms with E-state index < -0.39 is 5.97 Å². The fraction of sp³-hybridized carbons (Fsp3) is 0.467. The third-order valence-electron chi connectivity index (χ3n) is 2.79. The average Bonchev–Trinajstić information content (AvgIpc) is 2.35. The van der Waals surface area contributed by atoms with Gasteiger partial charge in [-0.1, -0.05) is 12.1 Å². The van der Waals surface area contributed by atoms with E-state index in [4.69, 9.17) is 4.74 Å². The highest BCUT2D eigenvalue weighted by molar-refractivity contribution is 5.83. The predicted molar refractivity (Wildman–Crippen MR) is 73.6 cm³/mol. The second-order valence-corrected chi connectivity index (χ2v) is 4.73. The topological polar surface area (TPSA) is 46.6 Å². The molecule has 1 amide bonds. The first kappa shape index (κ1) is 16.1. The van der Waals surface area contributed by atoms with Gasteiger partial charge in [0.25, 0.3) is 0 Å². The van der Waals surface area contributed by atoms with Gasteiger partial charge < -0.3 is 9.64 Å². The minimum absolute atomic E-state index is 0.0648. The van der Waals surface area contributed by atoms with Crippen LogP contribution in [0.25, 0.3) is 0 Å². The molecule has 1 rings (SSSR count). The van der Waals surface area contributed by atoms with Crippen molar-refractivity contribution >= 4 is 11.9 Å². The van der Waals surface area contributed by atoms with Gasteiger partial charge in [0.2, 0.25) is 5.91 Å². The van der Waals surface area contributed by atoms with Gasteiger partial charge in [0, 0.05) is 6.04 Å². The van der Waals surface area contributed by atoms with Gasteiger partial charge in [-0.2, -0.15) is 0 Å². The third kappa shape index (κ3) is 4.99. The predicted octanol–water partition coefficient (Wildman–Crippen LogP) is 2.17. The largest absolute Gasteiger partial charge is 0.465 e. The molecule has 0 aliphatic heterocycles. The normalized spacial score (nSPS) is 10.4. The van der Waals surface area contributed by atoms with Crippen LogP contribution in [-0.4, -0.2) is 36.0 Å². The Hall–Kier alpha value is -1.91. The van der Waals surface area contributed by atoms with Crippen LogP contribution in [0.15, 0.2) is 24.3 Å². The molecule has 0 aliphatic carbocycles. The third-order valence-corrected chi connectivity index (χ3v) is 2.79. The Bertz CT molecular complexity index is 474. The number of benzene rings is 1. The molecule has 1 aromatic carbocycles. The summed E-state index contributed by atoms with van der Waals surface area (Å²) in [6.07, 6.45) is 0.0648. The molecule has 20 heavy (non-hydrogen) atoms. The Labute approximate surface area is 118 Å². The van der Waals surface area contributed by atoms with Crippen LogP contribution in [0.4, 0.5) is 4.39 Å². The number of amides is 1. The number of carbonyl (C=O) groups is 2. The zero-order valence-electron chi connectivity index (χ0n) is 12.1. The van der Waals surface area contributed by atoms with Crippen molar-refractivity contribution in [2.24, 2.45) is 0 Å². The molecule has 0 bridgehead atoms. The van der Waals surface area contributed by atoms with E-state index >= 15 is 0 Å². The van der Waals surface area contributed by atoms with E-state index in [2.05, 4.69) is 0 Å². The summed E-state index contributed by atoms with van der Waals surface area (Å²) in [6, 6.07) is 5.76. The lowest BCUT2D eigenvalue weighted by Gasteiger charge is -2.25. The van der Waals surface area contributed by atoms with E-state index in [0.29, 0.717) is 5.56 Å². The maximum Gasteiger partial charge on any atom is 0.325 e. The van der Waals surface area contributed by atoms with Crippen LogP contribution in [-0.2, 0) is 20.7 Å². The molecule has 4 nitrogen and oxygen atoms in total. The number of carbonyl (C=O) groups excluding carboxylic acids is 2. The zero-order valence-corrected chi connectivity index (χ0v) is 12.1. The summed E-state index contributed by atoms with van der Waals surface area (Å²) >= 11 is 0. The summed E-state index contributed by atoms with van der Waals surface area (Å²) in [4.78, 5) is 25.1. The number of hydrogen-bond donors (Lipinski definition) is 0. The first-order chi connectivity index (χ1) is 9.43. The minimum Gasteiger partial charge on any atom is -0.465 e. The Morgan fingerprint density at radius 1 is 1.35 bits per heavy atom. The number of hydrogen-bond acceptors (Lipinski definition) is 3. The summed E-state index contributed by atoms with van der Waals surface area (Å²) < 4.78 is 17.9. The van der Waals surface area contributed by atoms with Gasteiger partial charge in [0.15, 0.2) is 0 Å². The standard InChI is InChI=1S/C15H20FNO3/c1-4-20-15(19)10-17(11(2)3)14(18)9-12-6-5-7-13(16)8-12/h5-8,11H,4,9-10H2,1-3H3. The fourth-order valence-corrected chi connectivity index (χ4v) is 1.83. The lowest BCUT2D eigenvalue weighted by atomic mass is 10.1. The number of nitrogens with zero attached hydrogens (tertiary/aromatic N) is 1. The van der Waals surface area contributed by atoms with Gasteiger partial charge in [-0.15, -0.1) is 0 Å².